The molecule has 0 aliphatic carbocycles. The van der Waals surface area contributed by atoms with E-state index in [0.717, 1.165) is 30.0 Å². The summed E-state index contributed by atoms with van der Waals surface area (Å²) in [5.74, 6) is 0.899. The van der Waals surface area contributed by atoms with Gasteiger partial charge in [-0.15, -0.1) is 0 Å². The van der Waals surface area contributed by atoms with Crippen LogP contribution < -0.4 is 5.32 Å². The first kappa shape index (κ1) is 19.1. The second kappa shape index (κ2) is 8.05. The second-order valence-corrected chi connectivity index (χ2v) is 7.52. The number of pyridine rings is 1. The van der Waals surface area contributed by atoms with Gasteiger partial charge in [0.15, 0.2) is 0 Å². The van der Waals surface area contributed by atoms with Crippen LogP contribution in [0.25, 0.3) is 11.1 Å². The van der Waals surface area contributed by atoms with Gasteiger partial charge >= 0.3 is 5.97 Å². The molecule has 7 nitrogen and oxygen atoms in total. The number of methoxy groups -OCH3 is 1. The predicted molar refractivity (Wildman–Crippen MR) is 112 cm³/mol. The highest BCUT2D eigenvalue weighted by atomic mass is 16.5. The number of anilines is 2. The molecule has 0 unspecified atom stereocenters. The van der Waals surface area contributed by atoms with Gasteiger partial charge in [-0.25, -0.2) is 9.48 Å². The highest BCUT2D eigenvalue weighted by Gasteiger charge is 2.32. The van der Waals surface area contributed by atoms with Crippen LogP contribution >= 0.6 is 0 Å². The zero-order valence-electron chi connectivity index (χ0n) is 16.9. The van der Waals surface area contributed by atoms with Gasteiger partial charge in [0.1, 0.15) is 5.82 Å². The molecule has 1 aromatic carbocycles. The lowest BCUT2D eigenvalue weighted by atomic mass is 10.1. The van der Waals surface area contributed by atoms with Crippen LogP contribution in [0, 0.1) is 5.92 Å². The lowest BCUT2D eigenvalue weighted by molar-refractivity contribution is 0.0601. The summed E-state index contributed by atoms with van der Waals surface area (Å²) in [6, 6.07) is 12.0. The molecule has 1 N–H and O–H groups in total. The van der Waals surface area contributed by atoms with Gasteiger partial charge in [0.2, 0.25) is 0 Å². The summed E-state index contributed by atoms with van der Waals surface area (Å²) in [6.07, 6.45) is 5.11. The maximum Gasteiger partial charge on any atom is 0.340 e. The number of carbonyl (C=O) groups excluding carboxylic acids is 1. The van der Waals surface area contributed by atoms with Gasteiger partial charge in [-0.2, -0.15) is 5.10 Å². The Hall–Kier alpha value is -3.19. The third-order valence-corrected chi connectivity index (χ3v) is 5.43. The topological polar surface area (TPSA) is 72.3 Å². The number of nitrogens with zero attached hydrogens (tertiary/aromatic N) is 4. The van der Waals surface area contributed by atoms with Crippen molar-refractivity contribution in [3.05, 3.63) is 60.6 Å². The molecule has 29 heavy (non-hydrogen) atoms. The van der Waals surface area contributed by atoms with Crippen LogP contribution in [0.1, 0.15) is 23.3 Å². The number of carbonyl (C=O) groups is 1. The smallest absolute Gasteiger partial charge is 0.340 e. The number of ether oxygens (including phenoxy) is 1. The maximum atomic E-state index is 12.2. The molecule has 1 aliphatic rings. The van der Waals surface area contributed by atoms with E-state index in [1.807, 2.05) is 29.1 Å². The van der Waals surface area contributed by atoms with Crippen molar-refractivity contribution in [2.75, 3.05) is 32.6 Å². The number of hydrogen-bond donors (Lipinski definition) is 1. The minimum atomic E-state index is -0.406. The number of nitrogens with one attached hydrogen (secondary N) is 1. The number of aromatic nitrogens is 3. The van der Waals surface area contributed by atoms with Crippen molar-refractivity contribution in [1.82, 2.24) is 19.7 Å². The first-order valence-electron chi connectivity index (χ1n) is 9.69. The van der Waals surface area contributed by atoms with E-state index in [1.54, 1.807) is 18.5 Å². The normalized spacial score (nSPS) is 19.3. The van der Waals surface area contributed by atoms with Crippen molar-refractivity contribution < 1.29 is 9.53 Å². The zero-order valence-corrected chi connectivity index (χ0v) is 16.9. The van der Waals surface area contributed by atoms with Crippen molar-refractivity contribution in [1.29, 1.82) is 0 Å². The fourth-order valence-electron chi connectivity index (χ4n) is 3.98. The van der Waals surface area contributed by atoms with Gasteiger partial charge in [-0.3, -0.25) is 4.98 Å². The van der Waals surface area contributed by atoms with E-state index in [1.165, 1.54) is 7.11 Å². The molecule has 1 aliphatic heterocycles. The van der Waals surface area contributed by atoms with E-state index in [9.17, 15) is 4.79 Å². The minimum Gasteiger partial charge on any atom is -0.465 e. The molecule has 0 radical (unpaired) electrons. The predicted octanol–water partition coefficient (Wildman–Crippen LogP) is 3.60. The van der Waals surface area contributed by atoms with Gasteiger partial charge in [-0.1, -0.05) is 37.3 Å². The number of hydrogen-bond acceptors (Lipinski definition) is 6. The second-order valence-electron chi connectivity index (χ2n) is 7.52. The van der Waals surface area contributed by atoms with Crippen LogP contribution in [0.3, 0.4) is 0 Å². The van der Waals surface area contributed by atoms with Gasteiger partial charge in [0, 0.05) is 24.8 Å². The third-order valence-electron chi connectivity index (χ3n) is 5.43. The van der Waals surface area contributed by atoms with Gasteiger partial charge in [-0.05, 0) is 24.6 Å². The summed E-state index contributed by atoms with van der Waals surface area (Å²) >= 11 is 0. The van der Waals surface area contributed by atoms with Gasteiger partial charge < -0.3 is 15.0 Å². The molecular weight excluding hydrogens is 366 g/mol. The Labute approximate surface area is 170 Å². The summed E-state index contributed by atoms with van der Waals surface area (Å²) < 4.78 is 6.98. The molecular formula is C22H25N5O2. The average molecular weight is 391 g/mol. The SMILES string of the molecule is COC(=O)c1ccncc1Nc1c(-c2ccccc2)cnn1[C@@H]1CN(C)C[C@H]1C. The first-order chi connectivity index (χ1) is 14.1. The van der Waals surface area contributed by atoms with Crippen LogP contribution in [0.4, 0.5) is 11.5 Å². The Morgan fingerprint density at radius 2 is 1.97 bits per heavy atom. The molecule has 2 atom stereocenters. The molecule has 2 aromatic heterocycles. The minimum absolute atomic E-state index is 0.234. The van der Waals surface area contributed by atoms with Gasteiger partial charge in [0.25, 0.3) is 0 Å². The quantitative estimate of drug-likeness (QED) is 0.670. The monoisotopic (exact) mass is 391 g/mol. The van der Waals surface area contributed by atoms with Crippen LogP contribution in [-0.4, -0.2) is 52.9 Å². The van der Waals surface area contributed by atoms with Crippen molar-refractivity contribution in [3.8, 4) is 11.1 Å². The molecule has 3 heterocycles. The number of rotatable bonds is 5. The number of benzene rings is 1. The molecule has 0 amide bonds. The highest BCUT2D eigenvalue weighted by molar-refractivity contribution is 5.96. The lowest BCUT2D eigenvalue weighted by Gasteiger charge is -2.20. The Morgan fingerprint density at radius 3 is 2.66 bits per heavy atom. The van der Waals surface area contributed by atoms with E-state index < -0.39 is 5.97 Å². The van der Waals surface area contributed by atoms with Crippen LogP contribution in [-0.2, 0) is 4.74 Å². The standard InChI is InChI=1S/C22H25N5O2/c1-15-13-26(2)14-20(15)27-21(18(11-24-27)16-7-5-4-6-8-16)25-19-12-23-10-9-17(19)22(28)29-3/h4-12,15,20,25H,13-14H2,1-3H3/t15-,20-/m1/s1. The van der Waals surface area contributed by atoms with Gasteiger partial charge in [0.05, 0.1) is 36.8 Å². The summed E-state index contributed by atoms with van der Waals surface area (Å²) in [5.41, 5.74) is 3.07. The van der Waals surface area contributed by atoms with Crippen LogP contribution in [0.5, 0.6) is 0 Å². The number of likely N-dealkylation sites (N-methyl/N-ethyl adjacent to an activating group) is 1. The van der Waals surface area contributed by atoms with Crippen LogP contribution in [0.2, 0.25) is 0 Å². The van der Waals surface area contributed by atoms with Crippen molar-refractivity contribution in [3.63, 3.8) is 0 Å². The fourth-order valence-corrected chi connectivity index (χ4v) is 3.98. The van der Waals surface area contributed by atoms with E-state index in [2.05, 4.69) is 41.3 Å². The van der Waals surface area contributed by atoms with Crippen molar-refractivity contribution >= 4 is 17.5 Å². The summed E-state index contributed by atoms with van der Waals surface area (Å²) in [5, 5.41) is 8.18. The maximum absolute atomic E-state index is 12.2. The first-order valence-corrected chi connectivity index (χ1v) is 9.69. The van der Waals surface area contributed by atoms with Crippen LogP contribution in [0.15, 0.2) is 55.0 Å². The third kappa shape index (κ3) is 3.73. The molecule has 0 spiro atoms. The van der Waals surface area contributed by atoms with E-state index in [-0.39, 0.29) is 6.04 Å². The van der Waals surface area contributed by atoms with E-state index in [0.29, 0.717) is 17.2 Å². The molecule has 1 fully saturated rings. The summed E-state index contributed by atoms with van der Waals surface area (Å²) in [4.78, 5) is 18.7. The number of likely N-dealkylation sites (tertiary alicyclic amines) is 1. The fraction of sp³-hybridized carbons (Fsp3) is 0.318. The highest BCUT2D eigenvalue weighted by Crippen LogP contribution is 2.36. The average Bonchev–Trinajstić information content (AvgIpc) is 3.30. The molecule has 3 aromatic rings. The molecule has 1 saturated heterocycles. The van der Waals surface area contributed by atoms with E-state index in [4.69, 9.17) is 9.84 Å². The Kier molecular flexibility index (Phi) is 5.31. The molecule has 0 saturated carbocycles. The van der Waals surface area contributed by atoms with Crippen molar-refractivity contribution in [2.24, 2.45) is 5.92 Å². The van der Waals surface area contributed by atoms with E-state index >= 15 is 0 Å². The summed E-state index contributed by atoms with van der Waals surface area (Å²) in [6.45, 7) is 4.18. The molecule has 7 heteroatoms. The Morgan fingerprint density at radius 1 is 1.17 bits per heavy atom. The zero-order chi connectivity index (χ0) is 20.4. The lowest BCUT2D eigenvalue weighted by Crippen LogP contribution is -2.20. The summed E-state index contributed by atoms with van der Waals surface area (Å²) in [7, 11) is 3.50. The number of esters is 1. The van der Waals surface area contributed by atoms with Crippen molar-refractivity contribution in [2.45, 2.75) is 13.0 Å². The largest absolute Gasteiger partial charge is 0.465 e. The molecule has 0 bridgehead atoms. The Bertz CT molecular complexity index is 1000. The Balaban J connectivity index is 1.81. The molecule has 150 valence electrons. The molecule has 4 rings (SSSR count).